The Hall–Kier alpha value is -2.27. The quantitative estimate of drug-likeness (QED) is 0.778. The molecule has 6 heteroatoms. The molecule has 18 heavy (non-hydrogen) atoms. The molecule has 1 aromatic heterocycles. The lowest BCUT2D eigenvalue weighted by molar-refractivity contribution is 0.102. The Morgan fingerprint density at radius 1 is 1.17 bits per heavy atom. The highest BCUT2D eigenvalue weighted by atomic mass is 35.5. The topological polar surface area (TPSA) is 82.5 Å². The zero-order valence-corrected chi connectivity index (χ0v) is 9.85. The second-order valence-corrected chi connectivity index (χ2v) is 3.92. The second-order valence-electron chi connectivity index (χ2n) is 3.49. The van der Waals surface area contributed by atoms with E-state index in [1.807, 2.05) is 0 Å². The van der Waals surface area contributed by atoms with E-state index in [9.17, 15) is 15.0 Å². The molecule has 2 rings (SSSR count). The van der Waals surface area contributed by atoms with Gasteiger partial charge in [0, 0.05) is 6.20 Å². The first-order valence-electron chi connectivity index (χ1n) is 5.02. The molecule has 1 heterocycles. The van der Waals surface area contributed by atoms with Crippen molar-refractivity contribution in [3.63, 3.8) is 0 Å². The fourth-order valence-electron chi connectivity index (χ4n) is 1.39. The molecule has 0 aliphatic heterocycles. The summed E-state index contributed by atoms with van der Waals surface area (Å²) in [5.41, 5.74) is -0.200. The van der Waals surface area contributed by atoms with Crippen LogP contribution in [0, 0.1) is 0 Å². The van der Waals surface area contributed by atoms with E-state index in [2.05, 4.69) is 10.3 Å². The summed E-state index contributed by atoms with van der Waals surface area (Å²) >= 11 is 5.66. The number of phenols is 2. The number of hydrogen-bond acceptors (Lipinski definition) is 4. The lowest BCUT2D eigenvalue weighted by Crippen LogP contribution is -2.13. The molecule has 0 aliphatic carbocycles. The SMILES string of the molecule is O=C(Nc1ccc(Cl)cn1)c1c(O)cccc1O. The van der Waals surface area contributed by atoms with Crippen molar-refractivity contribution in [2.75, 3.05) is 5.32 Å². The van der Waals surface area contributed by atoms with Crippen molar-refractivity contribution in [2.45, 2.75) is 0 Å². The minimum atomic E-state index is -0.652. The molecule has 1 aromatic carbocycles. The highest BCUT2D eigenvalue weighted by Crippen LogP contribution is 2.26. The molecule has 2 aromatic rings. The molecular formula is C12H9ClN2O3. The third-order valence-corrected chi connectivity index (χ3v) is 2.44. The molecule has 92 valence electrons. The summed E-state index contributed by atoms with van der Waals surface area (Å²) in [6, 6.07) is 7.13. The van der Waals surface area contributed by atoms with Gasteiger partial charge in [-0.15, -0.1) is 0 Å². The van der Waals surface area contributed by atoms with Crippen molar-refractivity contribution >= 4 is 23.3 Å². The molecule has 0 radical (unpaired) electrons. The largest absolute Gasteiger partial charge is 0.507 e. The van der Waals surface area contributed by atoms with Crippen LogP contribution in [-0.4, -0.2) is 21.1 Å². The van der Waals surface area contributed by atoms with E-state index < -0.39 is 5.91 Å². The van der Waals surface area contributed by atoms with Crippen LogP contribution in [-0.2, 0) is 0 Å². The van der Waals surface area contributed by atoms with Gasteiger partial charge >= 0.3 is 0 Å². The number of carbonyl (C=O) groups excluding carboxylic acids is 1. The average molecular weight is 265 g/mol. The van der Waals surface area contributed by atoms with E-state index in [4.69, 9.17) is 11.6 Å². The Kier molecular flexibility index (Phi) is 3.34. The van der Waals surface area contributed by atoms with Gasteiger partial charge in [0.05, 0.1) is 5.02 Å². The monoisotopic (exact) mass is 264 g/mol. The van der Waals surface area contributed by atoms with Crippen LogP contribution in [0.2, 0.25) is 5.02 Å². The third kappa shape index (κ3) is 2.52. The molecule has 0 aliphatic rings. The number of benzene rings is 1. The molecule has 0 atom stereocenters. The number of halogens is 1. The summed E-state index contributed by atoms with van der Waals surface area (Å²) < 4.78 is 0. The van der Waals surface area contributed by atoms with Gasteiger partial charge in [-0.05, 0) is 24.3 Å². The summed E-state index contributed by atoms with van der Waals surface area (Å²) in [5.74, 6) is -0.990. The van der Waals surface area contributed by atoms with Gasteiger partial charge in [0.25, 0.3) is 5.91 Å². The van der Waals surface area contributed by atoms with Crippen LogP contribution >= 0.6 is 11.6 Å². The Morgan fingerprint density at radius 2 is 1.83 bits per heavy atom. The number of aromatic nitrogens is 1. The fourth-order valence-corrected chi connectivity index (χ4v) is 1.50. The van der Waals surface area contributed by atoms with E-state index in [-0.39, 0.29) is 22.9 Å². The van der Waals surface area contributed by atoms with Crippen LogP contribution in [0.15, 0.2) is 36.5 Å². The molecule has 0 spiro atoms. The van der Waals surface area contributed by atoms with E-state index in [1.54, 1.807) is 6.07 Å². The van der Waals surface area contributed by atoms with Gasteiger partial charge in [-0.3, -0.25) is 4.79 Å². The number of nitrogens with one attached hydrogen (secondary N) is 1. The van der Waals surface area contributed by atoms with E-state index in [0.29, 0.717) is 5.02 Å². The number of amides is 1. The normalized spacial score (nSPS) is 10.1. The number of nitrogens with zero attached hydrogens (tertiary/aromatic N) is 1. The fraction of sp³-hybridized carbons (Fsp3) is 0. The van der Waals surface area contributed by atoms with Crippen LogP contribution in [0.1, 0.15) is 10.4 Å². The summed E-state index contributed by atoms with van der Waals surface area (Å²) in [5, 5.41) is 21.9. The summed E-state index contributed by atoms with van der Waals surface area (Å²) in [6.07, 6.45) is 1.38. The summed E-state index contributed by atoms with van der Waals surface area (Å²) in [4.78, 5) is 15.7. The standard InChI is InChI=1S/C12H9ClN2O3/c13-7-4-5-10(14-6-7)15-12(18)11-8(16)2-1-3-9(11)17/h1-6,16-17H,(H,14,15,18). The van der Waals surface area contributed by atoms with Crippen molar-refractivity contribution in [1.82, 2.24) is 4.98 Å². The highest BCUT2D eigenvalue weighted by molar-refractivity contribution is 6.30. The van der Waals surface area contributed by atoms with Crippen molar-refractivity contribution in [3.8, 4) is 11.5 Å². The van der Waals surface area contributed by atoms with Crippen molar-refractivity contribution in [2.24, 2.45) is 0 Å². The van der Waals surface area contributed by atoms with Crippen molar-refractivity contribution < 1.29 is 15.0 Å². The van der Waals surface area contributed by atoms with Crippen LogP contribution in [0.5, 0.6) is 11.5 Å². The van der Waals surface area contributed by atoms with Gasteiger partial charge < -0.3 is 15.5 Å². The minimum absolute atomic E-state index is 0.200. The first-order valence-corrected chi connectivity index (χ1v) is 5.39. The molecule has 5 nitrogen and oxygen atoms in total. The number of phenolic OH excluding ortho intramolecular Hbond substituents is 2. The number of pyridine rings is 1. The van der Waals surface area contributed by atoms with E-state index in [1.165, 1.54) is 30.5 Å². The maximum atomic E-state index is 11.8. The summed E-state index contributed by atoms with van der Waals surface area (Å²) in [7, 11) is 0. The minimum Gasteiger partial charge on any atom is -0.507 e. The Labute approximate surface area is 108 Å². The van der Waals surface area contributed by atoms with Crippen LogP contribution < -0.4 is 5.32 Å². The van der Waals surface area contributed by atoms with Crippen molar-refractivity contribution in [3.05, 3.63) is 47.1 Å². The van der Waals surface area contributed by atoms with Crippen LogP contribution in [0.3, 0.4) is 0 Å². The van der Waals surface area contributed by atoms with Crippen molar-refractivity contribution in [1.29, 1.82) is 0 Å². The van der Waals surface area contributed by atoms with E-state index in [0.717, 1.165) is 0 Å². The predicted octanol–water partition coefficient (Wildman–Crippen LogP) is 2.40. The van der Waals surface area contributed by atoms with Gasteiger partial charge in [-0.25, -0.2) is 4.98 Å². The maximum absolute atomic E-state index is 11.8. The van der Waals surface area contributed by atoms with Crippen LogP contribution in [0.4, 0.5) is 5.82 Å². The molecule has 0 unspecified atom stereocenters. The lowest BCUT2D eigenvalue weighted by atomic mass is 10.1. The molecule has 0 saturated carbocycles. The molecule has 0 bridgehead atoms. The first kappa shape index (κ1) is 12.2. The molecule has 1 amide bonds. The maximum Gasteiger partial charge on any atom is 0.264 e. The Balaban J connectivity index is 2.25. The van der Waals surface area contributed by atoms with Crippen LogP contribution in [0.25, 0.3) is 0 Å². The number of hydrogen-bond donors (Lipinski definition) is 3. The van der Waals surface area contributed by atoms with Gasteiger partial charge in [-0.2, -0.15) is 0 Å². The zero-order valence-electron chi connectivity index (χ0n) is 9.09. The predicted molar refractivity (Wildman–Crippen MR) is 67.0 cm³/mol. The lowest BCUT2D eigenvalue weighted by Gasteiger charge is -2.07. The average Bonchev–Trinajstić information content (AvgIpc) is 2.32. The van der Waals surface area contributed by atoms with E-state index >= 15 is 0 Å². The molecule has 0 fully saturated rings. The highest BCUT2D eigenvalue weighted by Gasteiger charge is 2.16. The van der Waals surface area contributed by atoms with Gasteiger partial charge in [0.15, 0.2) is 0 Å². The Bertz CT molecular complexity index is 564. The Morgan fingerprint density at radius 3 is 2.39 bits per heavy atom. The molecule has 0 saturated heterocycles. The van der Waals surface area contributed by atoms with Gasteiger partial charge in [0.2, 0.25) is 0 Å². The molecular weight excluding hydrogens is 256 g/mol. The number of carbonyl (C=O) groups is 1. The smallest absolute Gasteiger partial charge is 0.264 e. The molecule has 3 N–H and O–H groups in total. The number of anilines is 1. The third-order valence-electron chi connectivity index (χ3n) is 2.22. The van der Waals surface area contributed by atoms with Gasteiger partial charge in [0.1, 0.15) is 22.9 Å². The first-order chi connectivity index (χ1) is 8.58. The summed E-state index contributed by atoms with van der Waals surface area (Å²) in [6.45, 7) is 0. The van der Waals surface area contributed by atoms with Gasteiger partial charge in [-0.1, -0.05) is 17.7 Å². The zero-order chi connectivity index (χ0) is 13.1. The number of aromatic hydroxyl groups is 2. The second kappa shape index (κ2) is 4.93. The number of rotatable bonds is 2.